The Kier molecular flexibility index (Phi) is 2.92. The molecule has 1 heterocycles. The summed E-state index contributed by atoms with van der Waals surface area (Å²) < 4.78 is 38.8. The van der Waals surface area contributed by atoms with E-state index in [4.69, 9.17) is 0 Å². The van der Waals surface area contributed by atoms with Crippen LogP contribution in [0.2, 0.25) is 0 Å². The van der Waals surface area contributed by atoms with Crippen LogP contribution in [0, 0.1) is 17.5 Å². The third kappa shape index (κ3) is 2.36. The van der Waals surface area contributed by atoms with Gasteiger partial charge in [-0.25, -0.2) is 18.2 Å². The molecule has 0 saturated heterocycles. The molecule has 2 N–H and O–H groups in total. The second-order valence-electron chi connectivity index (χ2n) is 4.53. The van der Waals surface area contributed by atoms with Crippen LogP contribution >= 0.6 is 0 Å². The number of rotatable bonds is 3. The van der Waals surface area contributed by atoms with Gasteiger partial charge in [-0.05, 0) is 12.8 Å². The fourth-order valence-corrected chi connectivity index (χ4v) is 1.73. The minimum atomic E-state index is -1.59. The van der Waals surface area contributed by atoms with E-state index in [1.165, 1.54) is 0 Å². The van der Waals surface area contributed by atoms with E-state index < -0.39 is 23.4 Å². The van der Waals surface area contributed by atoms with E-state index in [2.05, 4.69) is 20.5 Å². The van der Waals surface area contributed by atoms with Gasteiger partial charge in [-0.15, -0.1) is 5.10 Å². The molecule has 0 spiro atoms. The monoisotopic (exact) mass is 282 g/mol. The van der Waals surface area contributed by atoms with Crippen LogP contribution in [0.15, 0.2) is 12.1 Å². The first-order valence-electron chi connectivity index (χ1n) is 5.93. The molecule has 3 rings (SSSR count). The molecule has 8 heteroatoms. The van der Waals surface area contributed by atoms with Gasteiger partial charge in [0.05, 0.1) is 0 Å². The third-order valence-electron chi connectivity index (χ3n) is 2.91. The average molecular weight is 282 g/mol. The highest BCUT2D eigenvalue weighted by Gasteiger charge is 2.28. The lowest BCUT2D eigenvalue weighted by Gasteiger charge is -2.03. The number of hydrogen-bond donors (Lipinski definition) is 2. The van der Waals surface area contributed by atoms with Gasteiger partial charge in [0.2, 0.25) is 5.82 Å². The molecule has 2 aromatic rings. The van der Waals surface area contributed by atoms with Gasteiger partial charge in [0.15, 0.2) is 17.5 Å². The maximum atomic E-state index is 13.0. The lowest BCUT2D eigenvalue weighted by atomic mass is 10.3. The molecule has 5 nitrogen and oxygen atoms in total. The summed E-state index contributed by atoms with van der Waals surface area (Å²) in [4.78, 5) is 15.8. The molecular formula is C12H9F3N4O. The van der Waals surface area contributed by atoms with Crippen LogP contribution in [-0.4, -0.2) is 21.1 Å². The Hall–Kier alpha value is -2.38. The lowest BCUT2D eigenvalue weighted by molar-refractivity contribution is 0.101. The van der Waals surface area contributed by atoms with Crippen LogP contribution in [-0.2, 0) is 0 Å². The Balaban J connectivity index is 1.77. The van der Waals surface area contributed by atoms with Crippen molar-refractivity contribution >= 4 is 11.6 Å². The average Bonchev–Trinajstić information content (AvgIpc) is 3.13. The van der Waals surface area contributed by atoms with Crippen LogP contribution in [0.25, 0.3) is 0 Å². The zero-order valence-corrected chi connectivity index (χ0v) is 10.1. The topological polar surface area (TPSA) is 70.7 Å². The van der Waals surface area contributed by atoms with E-state index in [1.807, 2.05) is 0 Å². The summed E-state index contributed by atoms with van der Waals surface area (Å²) in [7, 11) is 0. The Morgan fingerprint density at radius 2 is 1.90 bits per heavy atom. The number of aromatic amines is 1. The number of hydrogen-bond acceptors (Lipinski definition) is 3. The Labute approximate surface area is 111 Å². The number of benzene rings is 1. The number of H-pyrrole nitrogens is 1. The molecule has 1 fully saturated rings. The van der Waals surface area contributed by atoms with Gasteiger partial charge in [0.1, 0.15) is 5.82 Å². The van der Waals surface area contributed by atoms with Gasteiger partial charge >= 0.3 is 0 Å². The predicted octanol–water partition coefficient (Wildman–Crippen LogP) is 2.35. The molecule has 20 heavy (non-hydrogen) atoms. The van der Waals surface area contributed by atoms with Crippen LogP contribution < -0.4 is 5.32 Å². The van der Waals surface area contributed by atoms with E-state index in [0.29, 0.717) is 23.9 Å². The van der Waals surface area contributed by atoms with Crippen molar-refractivity contribution in [3.63, 3.8) is 0 Å². The molecule has 0 radical (unpaired) electrons. The summed E-state index contributed by atoms with van der Waals surface area (Å²) in [5.41, 5.74) is -0.204. The Morgan fingerprint density at radius 1 is 1.25 bits per heavy atom. The standard InChI is InChI=1S/C12H9F3N4O/c13-7-3-6(4-8(14)9(7)15)16-12(20)11-17-10(18-19-11)5-1-2-5/h3-5H,1-2H2,(H,16,20)(H,17,18,19). The number of aromatic nitrogens is 3. The maximum absolute atomic E-state index is 13.0. The summed E-state index contributed by atoms with van der Waals surface area (Å²) in [6.45, 7) is 0. The largest absolute Gasteiger partial charge is 0.319 e. The summed E-state index contributed by atoms with van der Waals surface area (Å²) in [6.07, 6.45) is 1.98. The summed E-state index contributed by atoms with van der Waals surface area (Å²) in [6, 6.07) is 1.37. The first-order chi connectivity index (χ1) is 9.54. The molecule has 1 aromatic carbocycles. The van der Waals surface area contributed by atoms with Gasteiger partial charge in [-0.1, -0.05) is 0 Å². The molecule has 1 saturated carbocycles. The normalized spacial score (nSPS) is 14.3. The minimum absolute atomic E-state index is 0.128. The number of anilines is 1. The van der Waals surface area contributed by atoms with Crippen molar-refractivity contribution in [1.29, 1.82) is 0 Å². The highest BCUT2D eigenvalue weighted by Crippen LogP contribution is 2.37. The van der Waals surface area contributed by atoms with E-state index in [0.717, 1.165) is 12.8 Å². The molecule has 0 unspecified atom stereocenters. The molecule has 0 aliphatic heterocycles. The number of nitrogens with one attached hydrogen (secondary N) is 2. The van der Waals surface area contributed by atoms with Gasteiger partial charge in [-0.2, -0.15) is 0 Å². The van der Waals surface area contributed by atoms with Crippen molar-refractivity contribution in [1.82, 2.24) is 15.2 Å². The van der Waals surface area contributed by atoms with Crippen LogP contribution in [0.3, 0.4) is 0 Å². The molecule has 0 atom stereocenters. The van der Waals surface area contributed by atoms with Crippen molar-refractivity contribution in [3.8, 4) is 0 Å². The predicted molar refractivity (Wildman–Crippen MR) is 62.6 cm³/mol. The minimum Gasteiger partial charge on any atom is -0.319 e. The molecule has 0 bridgehead atoms. The summed E-state index contributed by atoms with van der Waals surface area (Å²) >= 11 is 0. The molecule has 1 aromatic heterocycles. The van der Waals surface area contributed by atoms with Gasteiger partial charge in [0.25, 0.3) is 5.91 Å². The van der Waals surface area contributed by atoms with Crippen molar-refractivity contribution in [2.75, 3.05) is 5.32 Å². The molecule has 1 aliphatic rings. The summed E-state index contributed by atoms with van der Waals surface area (Å²) in [5, 5.41) is 8.57. The van der Waals surface area contributed by atoms with E-state index in [9.17, 15) is 18.0 Å². The van der Waals surface area contributed by atoms with E-state index in [-0.39, 0.29) is 11.5 Å². The van der Waals surface area contributed by atoms with Gasteiger partial charge in [-0.3, -0.25) is 9.89 Å². The number of carbonyl (C=O) groups is 1. The van der Waals surface area contributed by atoms with E-state index >= 15 is 0 Å². The van der Waals surface area contributed by atoms with Crippen molar-refractivity contribution in [2.45, 2.75) is 18.8 Å². The second-order valence-corrected chi connectivity index (χ2v) is 4.53. The lowest BCUT2D eigenvalue weighted by Crippen LogP contribution is -2.14. The fraction of sp³-hybridized carbons (Fsp3) is 0.250. The van der Waals surface area contributed by atoms with Gasteiger partial charge < -0.3 is 5.32 Å². The molecule has 104 valence electrons. The zero-order valence-electron chi connectivity index (χ0n) is 10.1. The van der Waals surface area contributed by atoms with Crippen LogP contribution in [0.5, 0.6) is 0 Å². The highest BCUT2D eigenvalue weighted by molar-refractivity contribution is 6.01. The number of halogens is 3. The molecular weight excluding hydrogens is 273 g/mol. The van der Waals surface area contributed by atoms with Crippen molar-refractivity contribution in [2.24, 2.45) is 0 Å². The number of carbonyl (C=O) groups excluding carboxylic acids is 1. The number of amides is 1. The van der Waals surface area contributed by atoms with Gasteiger partial charge in [0, 0.05) is 23.7 Å². The van der Waals surface area contributed by atoms with Crippen molar-refractivity contribution in [3.05, 3.63) is 41.2 Å². The highest BCUT2D eigenvalue weighted by atomic mass is 19.2. The Bertz CT molecular complexity index is 658. The Morgan fingerprint density at radius 3 is 2.50 bits per heavy atom. The third-order valence-corrected chi connectivity index (χ3v) is 2.91. The fourth-order valence-electron chi connectivity index (χ4n) is 1.73. The smallest absolute Gasteiger partial charge is 0.295 e. The second kappa shape index (κ2) is 4.62. The SMILES string of the molecule is O=C(Nc1cc(F)c(F)c(F)c1)c1n[nH]c(C2CC2)n1. The summed E-state index contributed by atoms with van der Waals surface area (Å²) in [5.74, 6) is -4.29. The van der Waals surface area contributed by atoms with E-state index in [1.54, 1.807) is 0 Å². The zero-order chi connectivity index (χ0) is 14.3. The quantitative estimate of drug-likeness (QED) is 0.849. The van der Waals surface area contributed by atoms with Crippen LogP contribution in [0.4, 0.5) is 18.9 Å². The molecule has 1 amide bonds. The first-order valence-corrected chi connectivity index (χ1v) is 5.93. The maximum Gasteiger partial charge on any atom is 0.295 e. The van der Waals surface area contributed by atoms with Crippen molar-refractivity contribution < 1.29 is 18.0 Å². The number of nitrogens with zero attached hydrogens (tertiary/aromatic N) is 2. The first kappa shape index (κ1) is 12.6. The molecule has 1 aliphatic carbocycles. The van der Waals surface area contributed by atoms with Crippen LogP contribution in [0.1, 0.15) is 35.2 Å².